The third-order valence-corrected chi connectivity index (χ3v) is 3.76. The molecule has 1 saturated carbocycles. The monoisotopic (exact) mass is 282 g/mol. The summed E-state index contributed by atoms with van der Waals surface area (Å²) in [4.78, 5) is 14.1. The van der Waals surface area contributed by atoms with Gasteiger partial charge < -0.3 is 10.6 Å². The summed E-state index contributed by atoms with van der Waals surface area (Å²) >= 11 is 0. The molecule has 0 saturated heterocycles. The summed E-state index contributed by atoms with van der Waals surface area (Å²) in [6.45, 7) is 0.697. The third-order valence-electron chi connectivity index (χ3n) is 3.76. The van der Waals surface area contributed by atoms with Crippen LogP contribution in [-0.2, 0) is 11.3 Å². The topological polar surface area (TPSA) is 46.3 Å². The SMILES string of the molecule is CN(Cc1ccccc1)C(=O)C1CCC(N)CC1.Cl. The molecule has 0 heterocycles. The fraction of sp³-hybridized carbons (Fsp3) is 0.533. The summed E-state index contributed by atoms with van der Waals surface area (Å²) < 4.78 is 0. The van der Waals surface area contributed by atoms with E-state index in [-0.39, 0.29) is 24.2 Å². The Morgan fingerprint density at radius 2 is 1.79 bits per heavy atom. The second-order valence-corrected chi connectivity index (χ2v) is 5.29. The Bertz CT molecular complexity index is 388. The highest BCUT2D eigenvalue weighted by Crippen LogP contribution is 2.25. The van der Waals surface area contributed by atoms with E-state index < -0.39 is 0 Å². The van der Waals surface area contributed by atoms with E-state index >= 15 is 0 Å². The molecule has 0 atom stereocenters. The molecule has 1 fully saturated rings. The van der Waals surface area contributed by atoms with Crippen LogP contribution in [-0.4, -0.2) is 23.9 Å². The van der Waals surface area contributed by atoms with Crippen LogP contribution < -0.4 is 5.73 Å². The lowest BCUT2D eigenvalue weighted by atomic mass is 9.85. The number of nitrogens with zero attached hydrogens (tertiary/aromatic N) is 1. The van der Waals surface area contributed by atoms with Crippen LogP contribution in [0, 0.1) is 5.92 Å². The average Bonchev–Trinajstić information content (AvgIpc) is 2.40. The van der Waals surface area contributed by atoms with Crippen molar-refractivity contribution in [1.29, 1.82) is 0 Å². The Balaban J connectivity index is 0.00000180. The summed E-state index contributed by atoms with van der Waals surface area (Å²) in [5, 5.41) is 0. The smallest absolute Gasteiger partial charge is 0.225 e. The molecule has 0 unspecified atom stereocenters. The zero-order valence-corrected chi connectivity index (χ0v) is 12.2. The van der Waals surface area contributed by atoms with Gasteiger partial charge in [0.1, 0.15) is 0 Å². The van der Waals surface area contributed by atoms with E-state index in [1.165, 1.54) is 5.56 Å². The second-order valence-electron chi connectivity index (χ2n) is 5.29. The van der Waals surface area contributed by atoms with E-state index in [0.29, 0.717) is 12.6 Å². The van der Waals surface area contributed by atoms with Gasteiger partial charge in [0.05, 0.1) is 0 Å². The Kier molecular flexibility index (Phi) is 6.32. The largest absolute Gasteiger partial charge is 0.341 e. The van der Waals surface area contributed by atoms with Gasteiger partial charge in [-0.3, -0.25) is 4.79 Å². The molecule has 1 aromatic rings. The Morgan fingerprint density at radius 1 is 1.21 bits per heavy atom. The van der Waals surface area contributed by atoms with Crippen molar-refractivity contribution in [2.45, 2.75) is 38.3 Å². The quantitative estimate of drug-likeness (QED) is 0.926. The molecule has 1 aliphatic rings. The lowest BCUT2D eigenvalue weighted by molar-refractivity contribution is -0.135. The molecule has 106 valence electrons. The van der Waals surface area contributed by atoms with Gasteiger partial charge in [-0.25, -0.2) is 0 Å². The van der Waals surface area contributed by atoms with Gasteiger partial charge in [0.15, 0.2) is 0 Å². The average molecular weight is 283 g/mol. The van der Waals surface area contributed by atoms with Crippen molar-refractivity contribution in [2.75, 3.05) is 7.05 Å². The highest BCUT2D eigenvalue weighted by atomic mass is 35.5. The number of amides is 1. The molecule has 2 rings (SSSR count). The van der Waals surface area contributed by atoms with Crippen molar-refractivity contribution in [3.63, 3.8) is 0 Å². The van der Waals surface area contributed by atoms with Crippen LogP contribution in [0.4, 0.5) is 0 Å². The van der Waals surface area contributed by atoms with Gasteiger partial charge in [0.2, 0.25) is 5.91 Å². The molecule has 1 aliphatic carbocycles. The summed E-state index contributed by atoms with van der Waals surface area (Å²) in [6, 6.07) is 10.4. The van der Waals surface area contributed by atoms with E-state index in [9.17, 15) is 4.79 Å². The van der Waals surface area contributed by atoms with Crippen LogP contribution in [0.3, 0.4) is 0 Å². The number of benzene rings is 1. The first-order valence-corrected chi connectivity index (χ1v) is 6.71. The minimum absolute atomic E-state index is 0. The first-order valence-electron chi connectivity index (χ1n) is 6.71. The summed E-state index contributed by atoms with van der Waals surface area (Å²) in [6.07, 6.45) is 3.85. The van der Waals surface area contributed by atoms with Crippen molar-refractivity contribution < 1.29 is 4.79 Å². The van der Waals surface area contributed by atoms with Crippen molar-refractivity contribution in [3.8, 4) is 0 Å². The van der Waals surface area contributed by atoms with Gasteiger partial charge >= 0.3 is 0 Å². The summed E-state index contributed by atoms with van der Waals surface area (Å²) in [5.74, 6) is 0.448. The predicted octanol–water partition coefficient (Wildman–Crippen LogP) is 2.58. The summed E-state index contributed by atoms with van der Waals surface area (Å²) in [7, 11) is 1.89. The minimum Gasteiger partial charge on any atom is -0.341 e. The molecule has 0 spiro atoms. The fourth-order valence-electron chi connectivity index (χ4n) is 2.61. The zero-order chi connectivity index (χ0) is 13.0. The normalized spacial score (nSPS) is 22.4. The second kappa shape index (κ2) is 7.51. The zero-order valence-electron chi connectivity index (χ0n) is 11.4. The van der Waals surface area contributed by atoms with Crippen molar-refractivity contribution in [3.05, 3.63) is 35.9 Å². The van der Waals surface area contributed by atoms with E-state index in [4.69, 9.17) is 5.73 Å². The molecule has 4 heteroatoms. The number of carbonyl (C=O) groups is 1. The Labute approximate surface area is 121 Å². The Hall–Kier alpha value is -1.06. The Morgan fingerprint density at radius 3 is 2.37 bits per heavy atom. The maximum absolute atomic E-state index is 12.3. The number of hydrogen-bond donors (Lipinski definition) is 1. The van der Waals surface area contributed by atoms with E-state index in [1.807, 2.05) is 30.1 Å². The molecule has 2 N–H and O–H groups in total. The van der Waals surface area contributed by atoms with E-state index in [2.05, 4.69) is 12.1 Å². The van der Waals surface area contributed by atoms with Crippen LogP contribution in [0.15, 0.2) is 30.3 Å². The summed E-state index contributed by atoms with van der Waals surface area (Å²) in [5.41, 5.74) is 7.05. The predicted molar refractivity (Wildman–Crippen MR) is 80.1 cm³/mol. The van der Waals surface area contributed by atoms with Gasteiger partial charge in [-0.05, 0) is 31.2 Å². The lowest BCUT2D eigenvalue weighted by Gasteiger charge is -2.29. The first kappa shape index (κ1) is 16.0. The first-order chi connectivity index (χ1) is 8.66. The molecule has 0 aromatic heterocycles. The number of halogens is 1. The van der Waals surface area contributed by atoms with Gasteiger partial charge in [-0.15, -0.1) is 12.4 Å². The molecule has 3 nitrogen and oxygen atoms in total. The molecular formula is C15H23ClN2O. The van der Waals surface area contributed by atoms with Gasteiger partial charge in [0.25, 0.3) is 0 Å². The highest BCUT2D eigenvalue weighted by molar-refractivity contribution is 5.85. The van der Waals surface area contributed by atoms with Crippen molar-refractivity contribution in [1.82, 2.24) is 4.90 Å². The fourth-order valence-corrected chi connectivity index (χ4v) is 2.61. The molecule has 0 aliphatic heterocycles. The highest BCUT2D eigenvalue weighted by Gasteiger charge is 2.26. The van der Waals surface area contributed by atoms with Crippen LogP contribution in [0.25, 0.3) is 0 Å². The molecule has 1 aromatic carbocycles. The van der Waals surface area contributed by atoms with Gasteiger partial charge in [0, 0.05) is 25.6 Å². The molecule has 19 heavy (non-hydrogen) atoms. The third kappa shape index (κ3) is 4.51. The molecular weight excluding hydrogens is 260 g/mol. The standard InChI is InChI=1S/C15H22N2O.ClH/c1-17(11-12-5-3-2-4-6-12)15(18)13-7-9-14(16)10-8-13;/h2-6,13-14H,7-11,16H2,1H3;1H. The van der Waals surface area contributed by atoms with Crippen molar-refractivity contribution in [2.24, 2.45) is 11.7 Å². The molecule has 1 amide bonds. The van der Waals surface area contributed by atoms with Crippen LogP contribution in [0.1, 0.15) is 31.2 Å². The van der Waals surface area contributed by atoms with Crippen LogP contribution >= 0.6 is 12.4 Å². The molecule has 0 radical (unpaired) electrons. The number of rotatable bonds is 3. The van der Waals surface area contributed by atoms with E-state index in [1.54, 1.807) is 0 Å². The van der Waals surface area contributed by atoms with Crippen LogP contribution in [0.2, 0.25) is 0 Å². The van der Waals surface area contributed by atoms with E-state index in [0.717, 1.165) is 25.7 Å². The lowest BCUT2D eigenvalue weighted by Crippen LogP contribution is -2.37. The van der Waals surface area contributed by atoms with Gasteiger partial charge in [-0.2, -0.15) is 0 Å². The molecule has 0 bridgehead atoms. The number of carbonyl (C=O) groups excluding carboxylic acids is 1. The number of nitrogens with two attached hydrogens (primary N) is 1. The van der Waals surface area contributed by atoms with Crippen LogP contribution in [0.5, 0.6) is 0 Å². The maximum Gasteiger partial charge on any atom is 0.225 e. The minimum atomic E-state index is 0. The van der Waals surface area contributed by atoms with Crippen molar-refractivity contribution >= 4 is 18.3 Å². The maximum atomic E-state index is 12.3. The number of hydrogen-bond acceptors (Lipinski definition) is 2. The van der Waals surface area contributed by atoms with Gasteiger partial charge in [-0.1, -0.05) is 30.3 Å².